The van der Waals surface area contributed by atoms with Crippen molar-refractivity contribution in [3.8, 4) is 11.8 Å². The van der Waals surface area contributed by atoms with Gasteiger partial charge in [-0.15, -0.1) is 0 Å². The largest absolute Gasteiger partial charge is 0.489 e. The lowest BCUT2D eigenvalue weighted by Crippen LogP contribution is -2.38. The molecule has 0 saturated heterocycles. The first-order valence-electron chi connectivity index (χ1n) is 6.36. The Morgan fingerprint density at radius 1 is 1.40 bits per heavy atom. The topological polar surface area (TPSA) is 45.0 Å². The maximum Gasteiger partial charge on any atom is 0.416 e. The summed E-state index contributed by atoms with van der Waals surface area (Å²) < 4.78 is 43.3. The molecule has 0 heterocycles. The van der Waals surface area contributed by atoms with Crippen LogP contribution in [0.2, 0.25) is 0 Å². The van der Waals surface area contributed by atoms with Gasteiger partial charge in [-0.2, -0.15) is 18.4 Å². The lowest BCUT2D eigenvalue weighted by Gasteiger charge is -2.35. The van der Waals surface area contributed by atoms with E-state index in [1.54, 1.807) is 6.07 Å². The number of halogens is 3. The van der Waals surface area contributed by atoms with E-state index in [2.05, 4.69) is 5.32 Å². The highest BCUT2D eigenvalue weighted by Crippen LogP contribution is 2.35. The predicted octanol–water partition coefficient (Wildman–Crippen LogP) is 2.95. The zero-order valence-corrected chi connectivity index (χ0v) is 11.0. The van der Waals surface area contributed by atoms with E-state index in [4.69, 9.17) is 10.00 Å². The third kappa shape index (κ3) is 3.23. The summed E-state index contributed by atoms with van der Waals surface area (Å²) in [5.74, 6) is 0.762. The first-order chi connectivity index (χ1) is 9.44. The van der Waals surface area contributed by atoms with Crippen LogP contribution in [-0.4, -0.2) is 19.7 Å². The number of hydrogen-bond donors (Lipinski definition) is 1. The number of nitrogens with zero attached hydrogens (tertiary/aromatic N) is 1. The highest BCUT2D eigenvalue weighted by atomic mass is 19.4. The van der Waals surface area contributed by atoms with E-state index < -0.39 is 11.7 Å². The maximum absolute atomic E-state index is 12.6. The predicted molar refractivity (Wildman–Crippen MR) is 67.2 cm³/mol. The molecule has 6 heteroatoms. The first-order valence-corrected chi connectivity index (χ1v) is 6.36. The van der Waals surface area contributed by atoms with Crippen molar-refractivity contribution in [1.82, 2.24) is 5.32 Å². The van der Waals surface area contributed by atoms with E-state index in [0.717, 1.165) is 31.5 Å². The number of benzene rings is 1. The Bertz CT molecular complexity index is 516. The molecule has 1 aliphatic rings. The van der Waals surface area contributed by atoms with Gasteiger partial charge in [0.05, 0.1) is 17.2 Å². The second-order valence-electron chi connectivity index (χ2n) is 4.96. The van der Waals surface area contributed by atoms with Crippen LogP contribution in [0.5, 0.6) is 5.75 Å². The van der Waals surface area contributed by atoms with Crippen molar-refractivity contribution in [3.63, 3.8) is 0 Å². The molecule has 20 heavy (non-hydrogen) atoms. The molecular weight excluding hydrogens is 269 g/mol. The summed E-state index contributed by atoms with van der Waals surface area (Å²) in [6.07, 6.45) is -2.75. The first kappa shape index (κ1) is 14.7. The minimum Gasteiger partial charge on any atom is -0.489 e. The smallest absolute Gasteiger partial charge is 0.416 e. The summed E-state index contributed by atoms with van der Waals surface area (Å²) in [5.41, 5.74) is -0.903. The number of hydrogen-bond acceptors (Lipinski definition) is 3. The summed E-state index contributed by atoms with van der Waals surface area (Å²) in [5, 5.41) is 12.0. The van der Waals surface area contributed by atoms with Crippen molar-refractivity contribution in [2.75, 3.05) is 13.6 Å². The van der Waals surface area contributed by atoms with Crippen LogP contribution in [0.25, 0.3) is 0 Å². The van der Waals surface area contributed by atoms with Gasteiger partial charge >= 0.3 is 6.18 Å². The molecule has 0 radical (unpaired) electrons. The molecule has 0 atom stereocenters. The Morgan fingerprint density at radius 2 is 2.10 bits per heavy atom. The summed E-state index contributed by atoms with van der Waals surface area (Å²) in [7, 11) is 1.87. The minimum absolute atomic E-state index is 0.0165. The van der Waals surface area contributed by atoms with Gasteiger partial charge in [-0.3, -0.25) is 0 Å². The van der Waals surface area contributed by atoms with Gasteiger partial charge in [-0.05, 0) is 50.6 Å². The standard InChI is InChI=1S/C14H15F3N2O/c1-19-8-9-4-12(5-9)20-13-3-2-11(14(15,16)17)6-10(13)7-18/h2-3,6,9,12,19H,4-5,8H2,1H3. The fraction of sp³-hybridized carbons (Fsp3) is 0.500. The Hall–Kier alpha value is -1.74. The SMILES string of the molecule is CNCC1CC(Oc2ccc(C(F)(F)F)cc2C#N)C1. The maximum atomic E-state index is 12.6. The Kier molecular flexibility index (Phi) is 4.19. The molecule has 1 fully saturated rings. The minimum atomic E-state index is -4.45. The Labute approximate surface area is 115 Å². The molecule has 0 aromatic heterocycles. The van der Waals surface area contributed by atoms with E-state index in [0.29, 0.717) is 5.92 Å². The Morgan fingerprint density at radius 3 is 2.65 bits per heavy atom. The molecule has 1 aromatic rings. The molecule has 1 aliphatic carbocycles. The summed E-state index contributed by atoms with van der Waals surface area (Å²) in [6, 6.07) is 4.77. The quantitative estimate of drug-likeness (QED) is 0.924. The molecule has 108 valence electrons. The van der Waals surface area contributed by atoms with E-state index in [9.17, 15) is 13.2 Å². The van der Waals surface area contributed by atoms with Crippen molar-refractivity contribution in [2.45, 2.75) is 25.1 Å². The number of rotatable bonds is 4. The summed E-state index contributed by atoms with van der Waals surface area (Å²) in [4.78, 5) is 0. The third-order valence-electron chi connectivity index (χ3n) is 3.41. The van der Waals surface area contributed by atoms with Gasteiger partial charge < -0.3 is 10.1 Å². The van der Waals surface area contributed by atoms with Crippen LogP contribution in [-0.2, 0) is 6.18 Å². The van der Waals surface area contributed by atoms with Crippen molar-refractivity contribution in [1.29, 1.82) is 5.26 Å². The van der Waals surface area contributed by atoms with Crippen LogP contribution in [0.1, 0.15) is 24.0 Å². The van der Waals surface area contributed by atoms with Gasteiger partial charge in [0.15, 0.2) is 0 Å². The molecule has 0 spiro atoms. The van der Waals surface area contributed by atoms with E-state index >= 15 is 0 Å². The zero-order valence-electron chi connectivity index (χ0n) is 11.0. The normalized spacial score (nSPS) is 21.9. The second kappa shape index (κ2) is 5.71. The number of ether oxygens (including phenoxy) is 1. The van der Waals surface area contributed by atoms with Crippen LogP contribution >= 0.6 is 0 Å². The van der Waals surface area contributed by atoms with Gasteiger partial charge in [0.2, 0.25) is 0 Å². The molecule has 1 aromatic carbocycles. The fourth-order valence-corrected chi connectivity index (χ4v) is 2.30. The summed E-state index contributed by atoms with van der Waals surface area (Å²) >= 11 is 0. The Balaban J connectivity index is 2.05. The van der Waals surface area contributed by atoms with Gasteiger partial charge in [0.1, 0.15) is 11.8 Å². The average molecular weight is 284 g/mol. The molecule has 1 N–H and O–H groups in total. The van der Waals surface area contributed by atoms with Gasteiger partial charge in [0, 0.05) is 0 Å². The molecule has 0 aliphatic heterocycles. The fourth-order valence-electron chi connectivity index (χ4n) is 2.30. The monoisotopic (exact) mass is 284 g/mol. The van der Waals surface area contributed by atoms with E-state index in [1.807, 2.05) is 7.05 Å². The number of nitrogens with one attached hydrogen (secondary N) is 1. The lowest BCUT2D eigenvalue weighted by molar-refractivity contribution is -0.137. The van der Waals surface area contributed by atoms with Crippen LogP contribution in [0, 0.1) is 17.2 Å². The van der Waals surface area contributed by atoms with E-state index in [-0.39, 0.29) is 17.4 Å². The molecule has 1 saturated carbocycles. The highest BCUT2D eigenvalue weighted by Gasteiger charge is 2.33. The van der Waals surface area contributed by atoms with Gasteiger partial charge in [-0.25, -0.2) is 0 Å². The molecule has 2 rings (SSSR count). The summed E-state index contributed by atoms with van der Waals surface area (Å²) in [6.45, 7) is 0.901. The number of alkyl halides is 3. The van der Waals surface area contributed by atoms with Crippen molar-refractivity contribution < 1.29 is 17.9 Å². The average Bonchev–Trinajstić information content (AvgIpc) is 2.35. The zero-order chi connectivity index (χ0) is 14.8. The molecule has 0 unspecified atom stereocenters. The second-order valence-corrected chi connectivity index (χ2v) is 4.96. The van der Waals surface area contributed by atoms with Crippen LogP contribution in [0.15, 0.2) is 18.2 Å². The molecule has 0 bridgehead atoms. The van der Waals surface area contributed by atoms with Crippen LogP contribution in [0.3, 0.4) is 0 Å². The lowest BCUT2D eigenvalue weighted by atomic mass is 9.82. The van der Waals surface area contributed by atoms with Gasteiger partial charge in [-0.1, -0.05) is 0 Å². The van der Waals surface area contributed by atoms with Crippen LogP contribution in [0.4, 0.5) is 13.2 Å². The molecule has 0 amide bonds. The highest BCUT2D eigenvalue weighted by molar-refractivity contribution is 5.46. The van der Waals surface area contributed by atoms with Crippen LogP contribution < -0.4 is 10.1 Å². The van der Waals surface area contributed by atoms with Gasteiger partial charge in [0.25, 0.3) is 0 Å². The van der Waals surface area contributed by atoms with E-state index in [1.165, 1.54) is 6.07 Å². The van der Waals surface area contributed by atoms with Crippen molar-refractivity contribution in [3.05, 3.63) is 29.3 Å². The number of nitriles is 1. The third-order valence-corrected chi connectivity index (χ3v) is 3.41. The van der Waals surface area contributed by atoms with Crippen molar-refractivity contribution >= 4 is 0 Å². The molecule has 3 nitrogen and oxygen atoms in total. The van der Waals surface area contributed by atoms with Crippen molar-refractivity contribution in [2.24, 2.45) is 5.92 Å². The molecular formula is C14H15F3N2O.